The second-order valence-electron chi connectivity index (χ2n) is 6.21. The van der Waals surface area contributed by atoms with Gasteiger partial charge in [0.25, 0.3) is 0 Å². The molecule has 0 heterocycles. The molecule has 0 bridgehead atoms. The lowest BCUT2D eigenvalue weighted by atomic mass is 10.0. The maximum absolute atomic E-state index is 9.47. The zero-order valence-corrected chi connectivity index (χ0v) is 13.4. The van der Waals surface area contributed by atoms with Crippen LogP contribution in [0.5, 0.6) is 0 Å². The van der Waals surface area contributed by atoms with Gasteiger partial charge in [-0.2, -0.15) is 0 Å². The Balaban J connectivity index is 3.97. The van der Waals surface area contributed by atoms with Crippen LogP contribution < -0.4 is 0 Å². The molecule has 0 aliphatic heterocycles. The van der Waals surface area contributed by atoms with Crippen molar-refractivity contribution in [3.8, 4) is 0 Å². The van der Waals surface area contributed by atoms with Crippen molar-refractivity contribution >= 4 is 0 Å². The normalized spacial score (nSPS) is 16.2. The van der Waals surface area contributed by atoms with Crippen molar-refractivity contribution in [2.45, 2.75) is 66.1 Å². The van der Waals surface area contributed by atoms with Crippen LogP contribution >= 0.6 is 0 Å². The topological polar surface area (TPSA) is 43.7 Å². The molecule has 0 saturated carbocycles. The summed E-state index contributed by atoms with van der Waals surface area (Å²) >= 11 is 0. The summed E-state index contributed by atoms with van der Waals surface area (Å²) in [6.45, 7) is 12.4. The average Bonchev–Trinajstić information content (AvgIpc) is 2.23. The third-order valence-corrected chi connectivity index (χ3v) is 3.20. The Bertz CT molecular complexity index is 235. The summed E-state index contributed by atoms with van der Waals surface area (Å²) in [5.74, 6) is 0.682. The van der Waals surface area contributed by atoms with Gasteiger partial charge >= 0.3 is 0 Å². The monoisotopic (exact) mass is 271 g/mol. The minimum atomic E-state index is -0.334. The molecule has 0 aromatic rings. The first-order chi connectivity index (χ1) is 8.81. The predicted octanol–water partition coefficient (Wildman–Crippen LogP) is 2.82. The lowest BCUT2D eigenvalue weighted by Gasteiger charge is -2.26. The van der Waals surface area contributed by atoms with Crippen LogP contribution in [0, 0.1) is 5.92 Å². The van der Waals surface area contributed by atoms with Gasteiger partial charge < -0.3 is 10.2 Å². The molecular formula is C16H33NO2. The maximum atomic E-state index is 9.47. The van der Waals surface area contributed by atoms with E-state index in [0.717, 1.165) is 19.4 Å². The van der Waals surface area contributed by atoms with E-state index in [2.05, 4.69) is 31.7 Å². The van der Waals surface area contributed by atoms with Crippen LogP contribution in [-0.4, -0.2) is 47.0 Å². The molecule has 0 fully saturated rings. The van der Waals surface area contributed by atoms with Crippen molar-refractivity contribution in [1.29, 1.82) is 0 Å². The van der Waals surface area contributed by atoms with Gasteiger partial charge in [-0.15, -0.1) is 0 Å². The zero-order valence-electron chi connectivity index (χ0n) is 13.4. The van der Waals surface area contributed by atoms with Gasteiger partial charge in [0.15, 0.2) is 0 Å². The van der Waals surface area contributed by atoms with E-state index in [1.807, 2.05) is 0 Å². The van der Waals surface area contributed by atoms with Crippen molar-refractivity contribution in [1.82, 2.24) is 4.90 Å². The average molecular weight is 271 g/mol. The first kappa shape index (κ1) is 18.6. The third kappa shape index (κ3) is 12.4. The van der Waals surface area contributed by atoms with Crippen molar-refractivity contribution in [2.24, 2.45) is 5.92 Å². The smallest absolute Gasteiger partial charge is 0.0639 e. The molecule has 0 unspecified atom stereocenters. The first-order valence-corrected chi connectivity index (χ1v) is 7.53. The SMILES string of the molecule is CC(C)=CCC[C@H](C)CCN(C[C@H](C)O)C[C@H](C)O. The molecule has 0 spiro atoms. The first-order valence-electron chi connectivity index (χ1n) is 7.53. The molecule has 0 amide bonds. The summed E-state index contributed by atoms with van der Waals surface area (Å²) in [6, 6.07) is 0. The second-order valence-corrected chi connectivity index (χ2v) is 6.21. The van der Waals surface area contributed by atoms with Crippen LogP contribution in [0.1, 0.15) is 53.9 Å². The summed E-state index contributed by atoms with van der Waals surface area (Å²) < 4.78 is 0. The van der Waals surface area contributed by atoms with E-state index in [0.29, 0.717) is 19.0 Å². The van der Waals surface area contributed by atoms with E-state index in [1.54, 1.807) is 13.8 Å². The molecule has 0 aromatic carbocycles. The van der Waals surface area contributed by atoms with E-state index < -0.39 is 0 Å². The molecule has 0 saturated heterocycles. The minimum absolute atomic E-state index is 0.334. The Morgan fingerprint density at radius 3 is 1.95 bits per heavy atom. The highest BCUT2D eigenvalue weighted by molar-refractivity contribution is 4.92. The molecule has 0 aliphatic carbocycles. The Labute approximate surface area is 119 Å². The Morgan fingerprint density at radius 1 is 1.00 bits per heavy atom. The number of nitrogens with zero attached hydrogens (tertiary/aromatic N) is 1. The lowest BCUT2D eigenvalue weighted by molar-refractivity contribution is 0.0802. The van der Waals surface area contributed by atoms with Crippen LogP contribution in [-0.2, 0) is 0 Å². The molecular weight excluding hydrogens is 238 g/mol. The van der Waals surface area contributed by atoms with Crippen LogP contribution in [0.3, 0.4) is 0 Å². The van der Waals surface area contributed by atoms with Crippen molar-refractivity contribution < 1.29 is 10.2 Å². The summed E-state index contributed by atoms with van der Waals surface area (Å²) in [7, 11) is 0. The zero-order chi connectivity index (χ0) is 14.8. The molecule has 0 radical (unpaired) electrons. The van der Waals surface area contributed by atoms with Crippen LogP contribution in [0.25, 0.3) is 0 Å². The number of hydrogen-bond donors (Lipinski definition) is 2. The number of rotatable bonds is 10. The number of aliphatic hydroxyl groups is 2. The highest BCUT2D eigenvalue weighted by atomic mass is 16.3. The van der Waals surface area contributed by atoms with Crippen molar-refractivity contribution in [3.63, 3.8) is 0 Å². The van der Waals surface area contributed by atoms with Gasteiger partial charge in [-0.05, 0) is 59.4 Å². The van der Waals surface area contributed by atoms with E-state index in [-0.39, 0.29) is 12.2 Å². The molecule has 19 heavy (non-hydrogen) atoms. The van der Waals surface area contributed by atoms with Gasteiger partial charge in [0.05, 0.1) is 12.2 Å². The van der Waals surface area contributed by atoms with Gasteiger partial charge in [-0.25, -0.2) is 0 Å². The predicted molar refractivity (Wildman–Crippen MR) is 82.2 cm³/mol. The molecule has 3 nitrogen and oxygen atoms in total. The fourth-order valence-electron chi connectivity index (χ4n) is 2.21. The Kier molecular flexibility index (Phi) is 10.2. The summed E-state index contributed by atoms with van der Waals surface area (Å²) in [5.41, 5.74) is 1.39. The highest BCUT2D eigenvalue weighted by Gasteiger charge is 2.12. The summed E-state index contributed by atoms with van der Waals surface area (Å²) in [5, 5.41) is 18.9. The third-order valence-electron chi connectivity index (χ3n) is 3.20. The molecule has 2 N–H and O–H groups in total. The van der Waals surface area contributed by atoms with E-state index >= 15 is 0 Å². The minimum Gasteiger partial charge on any atom is -0.392 e. The van der Waals surface area contributed by atoms with Gasteiger partial charge in [0.1, 0.15) is 0 Å². The highest BCUT2D eigenvalue weighted by Crippen LogP contribution is 2.13. The van der Waals surface area contributed by atoms with Crippen LogP contribution in [0.2, 0.25) is 0 Å². The van der Waals surface area contributed by atoms with E-state index in [9.17, 15) is 10.2 Å². The number of aliphatic hydroxyl groups excluding tert-OH is 2. The molecule has 3 heteroatoms. The van der Waals surface area contributed by atoms with Crippen molar-refractivity contribution in [2.75, 3.05) is 19.6 Å². The summed E-state index contributed by atoms with van der Waals surface area (Å²) in [4.78, 5) is 2.16. The van der Waals surface area contributed by atoms with Gasteiger partial charge in [0, 0.05) is 13.1 Å². The fraction of sp³-hybridized carbons (Fsp3) is 0.875. The number of hydrogen-bond acceptors (Lipinski definition) is 3. The van der Waals surface area contributed by atoms with E-state index in [4.69, 9.17) is 0 Å². The second kappa shape index (κ2) is 10.4. The van der Waals surface area contributed by atoms with Crippen LogP contribution in [0.15, 0.2) is 11.6 Å². The quantitative estimate of drug-likeness (QED) is 0.601. The Hall–Kier alpha value is -0.380. The lowest BCUT2D eigenvalue weighted by Crippen LogP contribution is -2.37. The molecule has 3 atom stereocenters. The summed E-state index contributed by atoms with van der Waals surface area (Å²) in [6.07, 6.45) is 5.11. The molecule has 0 aromatic heterocycles. The van der Waals surface area contributed by atoms with E-state index in [1.165, 1.54) is 12.0 Å². The van der Waals surface area contributed by atoms with Gasteiger partial charge in [-0.3, -0.25) is 4.90 Å². The van der Waals surface area contributed by atoms with Gasteiger partial charge in [-0.1, -0.05) is 18.6 Å². The maximum Gasteiger partial charge on any atom is 0.0639 e. The molecule has 114 valence electrons. The number of allylic oxidation sites excluding steroid dienone is 2. The van der Waals surface area contributed by atoms with Gasteiger partial charge in [0.2, 0.25) is 0 Å². The fourth-order valence-corrected chi connectivity index (χ4v) is 2.21. The van der Waals surface area contributed by atoms with Crippen molar-refractivity contribution in [3.05, 3.63) is 11.6 Å². The largest absolute Gasteiger partial charge is 0.392 e. The molecule has 0 aliphatic rings. The van der Waals surface area contributed by atoms with Crippen LogP contribution in [0.4, 0.5) is 0 Å². The molecule has 0 rings (SSSR count). The standard InChI is InChI=1S/C16H33NO2/c1-13(2)7-6-8-14(3)9-10-17(11-15(4)18)12-16(5)19/h7,14-16,18-19H,6,8-12H2,1-5H3/t14-,15-,16-/m0/s1. The Morgan fingerprint density at radius 2 is 1.53 bits per heavy atom.